The molecule has 0 fully saturated rings. The van der Waals surface area contributed by atoms with Gasteiger partial charge in [0, 0.05) is 5.02 Å². The quantitative estimate of drug-likeness (QED) is 0.908. The molecule has 0 unspecified atom stereocenters. The number of carbonyl (C=O) groups excluding carboxylic acids is 1. The number of carboxylic acids is 1. The molecule has 0 bridgehead atoms. The van der Waals surface area contributed by atoms with E-state index >= 15 is 0 Å². The summed E-state index contributed by atoms with van der Waals surface area (Å²) in [5.41, 5.74) is 0.240. The average Bonchev–Trinajstić information content (AvgIpc) is 2.88. The summed E-state index contributed by atoms with van der Waals surface area (Å²) in [6.07, 6.45) is 0. The number of halogens is 2. The van der Waals surface area contributed by atoms with E-state index in [1.165, 1.54) is 24.3 Å². The number of furan rings is 1. The Morgan fingerprint density at radius 2 is 1.95 bits per heavy atom. The van der Waals surface area contributed by atoms with Crippen molar-refractivity contribution in [1.29, 1.82) is 0 Å². The van der Waals surface area contributed by atoms with Gasteiger partial charge in [0.05, 0.1) is 17.1 Å². The number of carbonyl (C=O) groups is 2. The summed E-state index contributed by atoms with van der Waals surface area (Å²) in [6, 6.07) is 7.34. The first-order valence-electron chi connectivity index (χ1n) is 5.52. The van der Waals surface area contributed by atoms with Gasteiger partial charge in [-0.25, -0.2) is 4.79 Å². The molecule has 0 radical (unpaired) electrons. The maximum atomic E-state index is 11.9. The summed E-state index contributed by atoms with van der Waals surface area (Å²) in [4.78, 5) is 22.6. The van der Waals surface area contributed by atoms with Crippen molar-refractivity contribution in [2.45, 2.75) is 6.54 Å². The molecule has 0 atom stereocenters. The fourth-order valence-electron chi connectivity index (χ4n) is 1.52. The minimum atomic E-state index is -1.17. The molecular formula is C13H9Cl2NO4. The lowest BCUT2D eigenvalue weighted by atomic mass is 10.2. The van der Waals surface area contributed by atoms with Gasteiger partial charge in [0.25, 0.3) is 5.91 Å². The van der Waals surface area contributed by atoms with Gasteiger partial charge in [-0.3, -0.25) is 4.79 Å². The predicted molar refractivity (Wildman–Crippen MR) is 73.3 cm³/mol. The second-order valence-corrected chi connectivity index (χ2v) is 4.72. The molecule has 2 rings (SSSR count). The maximum Gasteiger partial charge on any atom is 0.371 e. The lowest BCUT2D eigenvalue weighted by Gasteiger charge is -2.05. The normalized spacial score (nSPS) is 10.3. The number of rotatable bonds is 4. The molecule has 2 N–H and O–H groups in total. The zero-order chi connectivity index (χ0) is 14.7. The Balaban J connectivity index is 2.04. The van der Waals surface area contributed by atoms with Crippen LogP contribution in [0.15, 0.2) is 34.7 Å². The molecule has 0 aliphatic heterocycles. The summed E-state index contributed by atoms with van der Waals surface area (Å²) in [5, 5.41) is 11.9. The Morgan fingerprint density at radius 1 is 1.20 bits per heavy atom. The van der Waals surface area contributed by atoms with Gasteiger partial charge in [0.2, 0.25) is 5.76 Å². The van der Waals surface area contributed by atoms with E-state index in [1.54, 1.807) is 6.07 Å². The van der Waals surface area contributed by atoms with Crippen LogP contribution in [0.4, 0.5) is 0 Å². The van der Waals surface area contributed by atoms with Crippen LogP contribution in [0.25, 0.3) is 0 Å². The van der Waals surface area contributed by atoms with E-state index in [-0.39, 0.29) is 22.9 Å². The fourth-order valence-corrected chi connectivity index (χ4v) is 1.90. The molecule has 0 spiro atoms. The van der Waals surface area contributed by atoms with Crippen LogP contribution in [0.1, 0.15) is 26.7 Å². The molecule has 1 aromatic heterocycles. The highest BCUT2D eigenvalue weighted by Crippen LogP contribution is 2.20. The van der Waals surface area contributed by atoms with Crippen molar-refractivity contribution in [2.75, 3.05) is 0 Å². The van der Waals surface area contributed by atoms with Gasteiger partial charge < -0.3 is 14.8 Å². The molecule has 1 aromatic carbocycles. The van der Waals surface area contributed by atoms with Crippen molar-refractivity contribution in [3.05, 3.63) is 57.5 Å². The van der Waals surface area contributed by atoms with Crippen molar-refractivity contribution in [1.82, 2.24) is 5.32 Å². The maximum absolute atomic E-state index is 11.9. The second kappa shape index (κ2) is 5.98. The lowest BCUT2D eigenvalue weighted by molar-refractivity contribution is 0.0660. The number of hydrogen-bond acceptors (Lipinski definition) is 3. The molecule has 20 heavy (non-hydrogen) atoms. The monoisotopic (exact) mass is 313 g/mol. The van der Waals surface area contributed by atoms with Crippen LogP contribution in [0.2, 0.25) is 10.0 Å². The van der Waals surface area contributed by atoms with Gasteiger partial charge >= 0.3 is 5.97 Å². The third-order valence-corrected chi connectivity index (χ3v) is 3.03. The number of hydrogen-bond donors (Lipinski definition) is 2. The Kier molecular flexibility index (Phi) is 4.32. The van der Waals surface area contributed by atoms with Crippen molar-refractivity contribution < 1.29 is 19.1 Å². The first kappa shape index (κ1) is 14.4. The van der Waals surface area contributed by atoms with E-state index in [0.717, 1.165) is 0 Å². The van der Waals surface area contributed by atoms with Crippen molar-refractivity contribution in [2.24, 2.45) is 0 Å². The average molecular weight is 314 g/mol. The van der Waals surface area contributed by atoms with E-state index in [9.17, 15) is 9.59 Å². The van der Waals surface area contributed by atoms with Crippen LogP contribution in [0.3, 0.4) is 0 Å². The molecule has 5 nitrogen and oxygen atoms in total. The Hall–Kier alpha value is -1.98. The van der Waals surface area contributed by atoms with E-state index in [2.05, 4.69) is 5.32 Å². The van der Waals surface area contributed by atoms with Crippen LogP contribution in [0, 0.1) is 0 Å². The number of carboxylic acid groups (broad SMARTS) is 1. The molecule has 1 amide bonds. The van der Waals surface area contributed by atoms with Crippen LogP contribution >= 0.6 is 23.2 Å². The topological polar surface area (TPSA) is 79.5 Å². The standard InChI is InChI=1S/C13H9Cl2NO4/c14-7-1-3-10(15)9(5-7)12(17)16-6-8-2-4-11(20-8)13(18)19/h1-5H,6H2,(H,16,17)(H,18,19). The Bertz CT molecular complexity index is 666. The molecule has 0 saturated carbocycles. The van der Waals surface area contributed by atoms with Crippen LogP contribution in [0.5, 0.6) is 0 Å². The highest BCUT2D eigenvalue weighted by molar-refractivity contribution is 6.35. The minimum Gasteiger partial charge on any atom is -0.475 e. The zero-order valence-corrected chi connectivity index (χ0v) is 11.5. The van der Waals surface area contributed by atoms with Gasteiger partial charge in [0.15, 0.2) is 0 Å². The van der Waals surface area contributed by atoms with Gasteiger partial charge in [0.1, 0.15) is 5.76 Å². The highest BCUT2D eigenvalue weighted by atomic mass is 35.5. The van der Waals surface area contributed by atoms with Gasteiger partial charge in [-0.1, -0.05) is 23.2 Å². The smallest absolute Gasteiger partial charge is 0.371 e. The van der Waals surface area contributed by atoms with Crippen LogP contribution < -0.4 is 5.32 Å². The molecule has 7 heteroatoms. The third-order valence-electron chi connectivity index (χ3n) is 2.47. The largest absolute Gasteiger partial charge is 0.475 e. The van der Waals surface area contributed by atoms with E-state index in [1.807, 2.05) is 0 Å². The SMILES string of the molecule is O=C(O)c1ccc(CNC(=O)c2cc(Cl)ccc2Cl)o1. The summed E-state index contributed by atoms with van der Waals surface area (Å²) >= 11 is 11.7. The van der Waals surface area contributed by atoms with Crippen molar-refractivity contribution in [3.63, 3.8) is 0 Å². The second-order valence-electron chi connectivity index (χ2n) is 3.88. The predicted octanol–water partition coefficient (Wildman–Crippen LogP) is 3.21. The molecule has 1 heterocycles. The summed E-state index contributed by atoms with van der Waals surface area (Å²) in [6.45, 7) is 0.0506. The first-order valence-corrected chi connectivity index (χ1v) is 6.28. The van der Waals surface area contributed by atoms with Crippen LogP contribution in [-0.2, 0) is 6.54 Å². The minimum absolute atomic E-state index is 0.0506. The molecule has 2 aromatic rings. The van der Waals surface area contributed by atoms with Crippen molar-refractivity contribution >= 4 is 35.1 Å². The van der Waals surface area contributed by atoms with Crippen molar-refractivity contribution in [3.8, 4) is 0 Å². The Labute approximate surface area is 124 Å². The summed E-state index contributed by atoms with van der Waals surface area (Å²) in [5.74, 6) is -1.45. The molecule has 0 saturated heterocycles. The van der Waals surface area contributed by atoms with Crippen LogP contribution in [-0.4, -0.2) is 17.0 Å². The number of aromatic carboxylic acids is 1. The van der Waals surface area contributed by atoms with Gasteiger partial charge in [-0.15, -0.1) is 0 Å². The molecule has 104 valence electrons. The van der Waals surface area contributed by atoms with Gasteiger partial charge in [-0.2, -0.15) is 0 Å². The fraction of sp³-hybridized carbons (Fsp3) is 0.0769. The Morgan fingerprint density at radius 3 is 2.60 bits per heavy atom. The third kappa shape index (κ3) is 3.31. The van der Waals surface area contributed by atoms with E-state index in [0.29, 0.717) is 10.8 Å². The molecule has 0 aliphatic carbocycles. The molecular weight excluding hydrogens is 305 g/mol. The lowest BCUT2D eigenvalue weighted by Crippen LogP contribution is -2.22. The number of benzene rings is 1. The van der Waals surface area contributed by atoms with E-state index < -0.39 is 11.9 Å². The first-order chi connectivity index (χ1) is 9.47. The molecule has 0 aliphatic rings. The summed E-state index contributed by atoms with van der Waals surface area (Å²) in [7, 11) is 0. The highest BCUT2D eigenvalue weighted by Gasteiger charge is 2.13. The zero-order valence-electron chi connectivity index (χ0n) is 10.0. The van der Waals surface area contributed by atoms with E-state index in [4.69, 9.17) is 32.7 Å². The summed E-state index contributed by atoms with van der Waals surface area (Å²) < 4.78 is 5.01. The van der Waals surface area contributed by atoms with Gasteiger partial charge in [-0.05, 0) is 30.3 Å². The number of nitrogens with one attached hydrogen (secondary N) is 1. The number of amides is 1.